The smallest absolute Gasteiger partial charge is 0.255 e. The number of nitrogens with one attached hydrogen (secondary N) is 1. The molecule has 0 fully saturated rings. The van der Waals surface area contributed by atoms with Crippen molar-refractivity contribution >= 4 is 23.3 Å². The molecule has 28 heavy (non-hydrogen) atoms. The van der Waals surface area contributed by atoms with Gasteiger partial charge in [-0.2, -0.15) is 0 Å². The number of anilines is 1. The lowest BCUT2D eigenvalue weighted by Gasteiger charge is -2.10. The average Bonchev–Trinajstić information content (AvgIpc) is 2.68. The molecule has 0 spiro atoms. The highest BCUT2D eigenvalue weighted by atomic mass is 35.5. The van der Waals surface area contributed by atoms with E-state index in [4.69, 9.17) is 26.8 Å². The van der Waals surface area contributed by atoms with E-state index in [1.54, 1.807) is 31.4 Å². The lowest BCUT2D eigenvalue weighted by molar-refractivity contribution is 0.0951. The second-order valence-electron chi connectivity index (χ2n) is 6.05. The second-order valence-corrected chi connectivity index (χ2v) is 6.49. The predicted molar refractivity (Wildman–Crippen MR) is 109 cm³/mol. The van der Waals surface area contributed by atoms with Gasteiger partial charge in [0.1, 0.15) is 17.3 Å². The Bertz CT molecular complexity index is 961. The van der Waals surface area contributed by atoms with Gasteiger partial charge >= 0.3 is 0 Å². The normalized spacial score (nSPS) is 10.5. The van der Waals surface area contributed by atoms with E-state index < -0.39 is 0 Å². The SMILES string of the molecule is COCc1ccc(C(=O)NCc2ccc(Oc3cccc(Cl)c3)cc2)c(N)n1. The van der Waals surface area contributed by atoms with E-state index in [1.165, 1.54) is 0 Å². The number of ether oxygens (including phenoxy) is 2. The number of aromatic nitrogens is 1. The van der Waals surface area contributed by atoms with Crippen LogP contribution in [0, 0.1) is 0 Å². The first-order valence-electron chi connectivity index (χ1n) is 8.60. The van der Waals surface area contributed by atoms with Gasteiger partial charge in [0.2, 0.25) is 0 Å². The van der Waals surface area contributed by atoms with E-state index in [2.05, 4.69) is 10.3 Å². The van der Waals surface area contributed by atoms with Crippen molar-refractivity contribution in [1.82, 2.24) is 10.3 Å². The maximum Gasteiger partial charge on any atom is 0.255 e. The van der Waals surface area contributed by atoms with Gasteiger partial charge in [0.05, 0.1) is 17.9 Å². The summed E-state index contributed by atoms with van der Waals surface area (Å²) in [4.78, 5) is 16.5. The summed E-state index contributed by atoms with van der Waals surface area (Å²) in [5, 5.41) is 3.45. The van der Waals surface area contributed by atoms with Crippen LogP contribution in [-0.2, 0) is 17.9 Å². The summed E-state index contributed by atoms with van der Waals surface area (Å²) in [6.07, 6.45) is 0. The molecule has 0 aliphatic rings. The maximum atomic E-state index is 12.3. The quantitative estimate of drug-likeness (QED) is 0.624. The molecule has 1 heterocycles. The first-order chi connectivity index (χ1) is 13.5. The van der Waals surface area contributed by atoms with E-state index >= 15 is 0 Å². The highest BCUT2D eigenvalue weighted by molar-refractivity contribution is 6.30. The van der Waals surface area contributed by atoms with Crippen LogP contribution in [0.15, 0.2) is 60.7 Å². The fourth-order valence-electron chi connectivity index (χ4n) is 2.56. The van der Waals surface area contributed by atoms with Crippen LogP contribution in [0.4, 0.5) is 5.82 Å². The van der Waals surface area contributed by atoms with Crippen LogP contribution in [-0.4, -0.2) is 18.0 Å². The molecule has 144 valence electrons. The number of rotatable bonds is 7. The molecule has 7 heteroatoms. The number of benzene rings is 2. The summed E-state index contributed by atoms with van der Waals surface area (Å²) >= 11 is 5.95. The Kier molecular flexibility index (Phi) is 6.47. The third-order valence-electron chi connectivity index (χ3n) is 3.93. The van der Waals surface area contributed by atoms with E-state index in [-0.39, 0.29) is 11.7 Å². The molecule has 1 amide bonds. The van der Waals surface area contributed by atoms with Gasteiger partial charge in [0.15, 0.2) is 0 Å². The van der Waals surface area contributed by atoms with Crippen molar-refractivity contribution in [2.75, 3.05) is 12.8 Å². The number of nitrogen functional groups attached to an aromatic ring is 1. The number of carbonyl (C=O) groups excluding carboxylic acids is 1. The summed E-state index contributed by atoms with van der Waals surface area (Å²) in [6.45, 7) is 0.700. The number of amides is 1. The van der Waals surface area contributed by atoms with Crippen LogP contribution < -0.4 is 15.8 Å². The van der Waals surface area contributed by atoms with E-state index in [9.17, 15) is 4.79 Å². The molecule has 0 radical (unpaired) electrons. The molecule has 6 nitrogen and oxygen atoms in total. The van der Waals surface area contributed by atoms with Crippen molar-refractivity contribution in [1.29, 1.82) is 0 Å². The number of hydrogen-bond acceptors (Lipinski definition) is 5. The molecular formula is C21H20ClN3O3. The molecule has 0 unspecified atom stereocenters. The second kappa shape index (κ2) is 9.21. The largest absolute Gasteiger partial charge is 0.457 e. The summed E-state index contributed by atoms with van der Waals surface area (Å²) < 4.78 is 10.8. The monoisotopic (exact) mass is 397 g/mol. The molecule has 2 aromatic carbocycles. The van der Waals surface area contributed by atoms with Crippen LogP contribution in [0.1, 0.15) is 21.6 Å². The van der Waals surface area contributed by atoms with Crippen LogP contribution in [0.2, 0.25) is 5.02 Å². The number of nitrogens with two attached hydrogens (primary N) is 1. The third-order valence-corrected chi connectivity index (χ3v) is 4.16. The zero-order valence-electron chi connectivity index (χ0n) is 15.3. The number of carbonyl (C=O) groups is 1. The number of methoxy groups -OCH3 is 1. The van der Waals surface area contributed by atoms with Gasteiger partial charge in [-0.3, -0.25) is 4.79 Å². The molecule has 0 saturated heterocycles. The fraction of sp³-hybridized carbons (Fsp3) is 0.143. The van der Waals surface area contributed by atoms with Gasteiger partial charge in [-0.15, -0.1) is 0 Å². The van der Waals surface area contributed by atoms with Crippen LogP contribution in [0.25, 0.3) is 0 Å². The van der Waals surface area contributed by atoms with Gasteiger partial charge in [-0.1, -0.05) is 29.8 Å². The molecule has 0 saturated carbocycles. The number of nitrogens with zero attached hydrogens (tertiary/aromatic N) is 1. The highest BCUT2D eigenvalue weighted by Gasteiger charge is 2.11. The Hall–Kier alpha value is -3.09. The van der Waals surface area contributed by atoms with Gasteiger partial charge in [0.25, 0.3) is 5.91 Å². The zero-order chi connectivity index (χ0) is 19.9. The molecule has 3 aromatic rings. The summed E-state index contributed by atoms with van der Waals surface area (Å²) in [5.41, 5.74) is 7.80. The minimum atomic E-state index is -0.284. The Labute approximate surface area is 168 Å². The maximum absolute atomic E-state index is 12.3. The number of halogens is 1. The van der Waals surface area contributed by atoms with Crippen LogP contribution in [0.3, 0.4) is 0 Å². The number of hydrogen-bond donors (Lipinski definition) is 2. The molecule has 3 rings (SSSR count). The van der Waals surface area contributed by atoms with Crippen molar-refractivity contribution in [2.45, 2.75) is 13.2 Å². The first kappa shape index (κ1) is 19.7. The van der Waals surface area contributed by atoms with Crippen molar-refractivity contribution in [2.24, 2.45) is 0 Å². The average molecular weight is 398 g/mol. The van der Waals surface area contributed by atoms with Crippen molar-refractivity contribution in [3.8, 4) is 11.5 Å². The Morgan fingerprint density at radius 3 is 2.57 bits per heavy atom. The third kappa shape index (κ3) is 5.22. The Morgan fingerprint density at radius 1 is 1.11 bits per heavy atom. The summed E-state index contributed by atoms with van der Waals surface area (Å²) in [6, 6.07) is 18.0. The van der Waals surface area contributed by atoms with Gasteiger partial charge in [-0.25, -0.2) is 4.98 Å². The van der Waals surface area contributed by atoms with E-state index in [0.29, 0.717) is 40.9 Å². The number of pyridine rings is 1. The van der Waals surface area contributed by atoms with Gasteiger partial charge < -0.3 is 20.5 Å². The fourth-order valence-corrected chi connectivity index (χ4v) is 2.74. The molecule has 0 aliphatic carbocycles. The lowest BCUT2D eigenvalue weighted by atomic mass is 10.2. The molecule has 3 N–H and O–H groups in total. The summed E-state index contributed by atoms with van der Waals surface area (Å²) in [7, 11) is 1.57. The van der Waals surface area contributed by atoms with Crippen molar-refractivity contribution < 1.29 is 14.3 Å². The minimum absolute atomic E-state index is 0.178. The van der Waals surface area contributed by atoms with Crippen LogP contribution in [0.5, 0.6) is 11.5 Å². The first-order valence-corrected chi connectivity index (χ1v) is 8.98. The van der Waals surface area contributed by atoms with Gasteiger partial charge in [0, 0.05) is 18.7 Å². The van der Waals surface area contributed by atoms with Crippen molar-refractivity contribution in [3.63, 3.8) is 0 Å². The molecule has 0 atom stereocenters. The topological polar surface area (TPSA) is 86.5 Å². The zero-order valence-corrected chi connectivity index (χ0v) is 16.1. The molecular weight excluding hydrogens is 378 g/mol. The highest BCUT2D eigenvalue weighted by Crippen LogP contribution is 2.24. The van der Waals surface area contributed by atoms with Crippen molar-refractivity contribution in [3.05, 3.63) is 82.5 Å². The van der Waals surface area contributed by atoms with Crippen LogP contribution >= 0.6 is 11.6 Å². The molecule has 0 aliphatic heterocycles. The van der Waals surface area contributed by atoms with E-state index in [1.807, 2.05) is 36.4 Å². The standard InChI is InChI=1S/C21H20ClN3O3/c1-27-13-16-7-10-19(20(23)25-16)21(26)24-12-14-5-8-17(9-6-14)28-18-4-2-3-15(22)11-18/h2-11H,12-13H2,1H3,(H2,23,25)(H,24,26). The predicted octanol–water partition coefficient (Wildman–Crippen LogP) is 4.19. The molecule has 1 aromatic heterocycles. The molecule has 0 bridgehead atoms. The van der Waals surface area contributed by atoms with E-state index in [0.717, 1.165) is 5.56 Å². The Morgan fingerprint density at radius 2 is 1.89 bits per heavy atom. The lowest BCUT2D eigenvalue weighted by Crippen LogP contribution is -2.24. The Balaban J connectivity index is 1.58. The van der Waals surface area contributed by atoms with Gasteiger partial charge in [-0.05, 0) is 48.0 Å². The summed E-state index contributed by atoms with van der Waals surface area (Å²) in [5.74, 6) is 1.23. The minimum Gasteiger partial charge on any atom is -0.457 e.